The third-order valence-corrected chi connectivity index (χ3v) is 6.40. The van der Waals surface area contributed by atoms with Crippen molar-refractivity contribution in [2.24, 2.45) is 5.10 Å². The molecule has 134 valence electrons. The number of benzene rings is 1. The molecule has 4 bridgehead atoms. The van der Waals surface area contributed by atoms with E-state index in [1.165, 1.54) is 26.0 Å². The molecule has 3 unspecified atom stereocenters. The Morgan fingerprint density at radius 1 is 1.19 bits per heavy atom. The summed E-state index contributed by atoms with van der Waals surface area (Å²) in [5.74, 6) is -1.06. The van der Waals surface area contributed by atoms with Gasteiger partial charge >= 0.3 is 11.9 Å². The molecular formula is C18H15ClN2O4S. The Balaban J connectivity index is 1.88. The molecule has 3 atom stereocenters. The molecule has 0 aliphatic carbocycles. The number of carbonyl (C=O) groups excluding carboxylic acids is 2. The number of thioether (sulfide) groups is 1. The van der Waals surface area contributed by atoms with Gasteiger partial charge in [-0.25, -0.2) is 4.79 Å². The Morgan fingerprint density at radius 3 is 2.58 bits per heavy atom. The first-order chi connectivity index (χ1) is 12.5. The van der Waals surface area contributed by atoms with Crippen molar-refractivity contribution >= 4 is 40.3 Å². The van der Waals surface area contributed by atoms with Gasteiger partial charge in [-0.1, -0.05) is 47.6 Å². The molecule has 26 heavy (non-hydrogen) atoms. The van der Waals surface area contributed by atoms with Crippen LogP contribution in [0.1, 0.15) is 5.56 Å². The van der Waals surface area contributed by atoms with Crippen LogP contribution >= 0.6 is 23.4 Å². The smallest absolute Gasteiger partial charge is 0.335 e. The van der Waals surface area contributed by atoms with Crippen molar-refractivity contribution < 1.29 is 19.1 Å². The molecule has 0 radical (unpaired) electrons. The van der Waals surface area contributed by atoms with Gasteiger partial charge in [0.2, 0.25) is 0 Å². The predicted octanol–water partition coefficient (Wildman–Crippen LogP) is 2.38. The molecule has 0 N–H and O–H groups in total. The quantitative estimate of drug-likeness (QED) is 0.583. The summed E-state index contributed by atoms with van der Waals surface area (Å²) >= 11 is 7.18. The summed E-state index contributed by atoms with van der Waals surface area (Å²) in [6.45, 7) is 0. The van der Waals surface area contributed by atoms with Gasteiger partial charge < -0.3 is 9.47 Å². The maximum atomic E-state index is 12.9. The highest BCUT2D eigenvalue weighted by Gasteiger charge is 2.62. The molecule has 0 fully saturated rings. The van der Waals surface area contributed by atoms with Crippen LogP contribution in [0.3, 0.4) is 0 Å². The number of hydrogen-bond donors (Lipinski definition) is 0. The van der Waals surface area contributed by atoms with Crippen molar-refractivity contribution in [3.8, 4) is 0 Å². The monoisotopic (exact) mass is 390 g/mol. The van der Waals surface area contributed by atoms with Gasteiger partial charge in [0.1, 0.15) is 5.04 Å². The summed E-state index contributed by atoms with van der Waals surface area (Å²) in [5, 5.41) is 7.76. The maximum absolute atomic E-state index is 12.9. The molecule has 1 aromatic rings. The maximum Gasteiger partial charge on any atom is 0.335 e. The second-order valence-corrected chi connectivity index (χ2v) is 7.68. The molecule has 0 spiro atoms. The van der Waals surface area contributed by atoms with Gasteiger partial charge in [-0.2, -0.15) is 5.10 Å². The van der Waals surface area contributed by atoms with E-state index in [-0.39, 0.29) is 11.6 Å². The second-order valence-electron chi connectivity index (χ2n) is 6.01. The highest BCUT2D eigenvalue weighted by atomic mass is 35.5. The van der Waals surface area contributed by atoms with Gasteiger partial charge in [0.25, 0.3) is 0 Å². The summed E-state index contributed by atoms with van der Waals surface area (Å²) in [5.41, 5.74) is 1.09. The Hall–Kier alpha value is -2.25. The van der Waals surface area contributed by atoms with Gasteiger partial charge in [-0.05, 0) is 18.2 Å². The van der Waals surface area contributed by atoms with E-state index < -0.39 is 22.7 Å². The van der Waals surface area contributed by atoms with Gasteiger partial charge in [-0.15, -0.1) is 0 Å². The number of ether oxygens (including phenoxy) is 2. The van der Waals surface area contributed by atoms with Crippen molar-refractivity contribution in [1.82, 2.24) is 5.01 Å². The van der Waals surface area contributed by atoms with E-state index in [4.69, 9.17) is 26.2 Å². The highest BCUT2D eigenvalue weighted by Crippen LogP contribution is 2.51. The fourth-order valence-electron chi connectivity index (χ4n) is 3.47. The number of esters is 2. The van der Waals surface area contributed by atoms with Crippen LogP contribution < -0.4 is 0 Å². The summed E-state index contributed by atoms with van der Waals surface area (Å²) in [6, 6.07) is 6.55. The van der Waals surface area contributed by atoms with Crippen LogP contribution in [0.15, 0.2) is 53.2 Å². The molecule has 0 saturated heterocycles. The average molecular weight is 391 g/mol. The van der Waals surface area contributed by atoms with E-state index in [0.717, 1.165) is 5.56 Å². The third-order valence-electron chi connectivity index (χ3n) is 4.68. The third kappa shape index (κ3) is 2.30. The first-order valence-corrected chi connectivity index (χ1v) is 9.10. The van der Waals surface area contributed by atoms with Crippen LogP contribution in [0.25, 0.3) is 0 Å². The van der Waals surface area contributed by atoms with Gasteiger partial charge in [-0.3, -0.25) is 9.80 Å². The summed E-state index contributed by atoms with van der Waals surface area (Å²) in [6.07, 6.45) is 5.54. The van der Waals surface area contributed by atoms with E-state index in [2.05, 4.69) is 0 Å². The van der Waals surface area contributed by atoms with E-state index in [9.17, 15) is 9.59 Å². The van der Waals surface area contributed by atoms with Crippen molar-refractivity contribution in [2.45, 2.75) is 16.8 Å². The molecule has 1 aromatic carbocycles. The Kier molecular flexibility index (Phi) is 4.08. The van der Waals surface area contributed by atoms with Crippen LogP contribution in [0.5, 0.6) is 0 Å². The number of halogens is 1. The molecule has 6 nitrogen and oxygen atoms in total. The minimum atomic E-state index is -1.28. The molecule has 0 aromatic heterocycles. The average Bonchev–Trinajstić information content (AvgIpc) is 2.98. The lowest BCUT2D eigenvalue weighted by Crippen LogP contribution is -2.61. The SMILES string of the molecule is COC(=O)C1=CC2C=CC3N2N=C(c2ccc(Cl)cc2)SC13C(=O)OC. The fraction of sp³-hybridized carbons (Fsp3) is 0.278. The highest BCUT2D eigenvalue weighted by molar-refractivity contribution is 8.16. The van der Waals surface area contributed by atoms with E-state index >= 15 is 0 Å². The van der Waals surface area contributed by atoms with E-state index in [1.54, 1.807) is 18.2 Å². The molecule has 3 aliphatic rings. The summed E-state index contributed by atoms with van der Waals surface area (Å²) in [4.78, 5) is 25.4. The van der Waals surface area contributed by atoms with Crippen LogP contribution in [-0.4, -0.2) is 53.0 Å². The Labute approximate surface area is 159 Å². The molecule has 3 aliphatic heterocycles. The second kappa shape index (κ2) is 6.17. The first-order valence-electron chi connectivity index (χ1n) is 7.90. The number of carbonyl (C=O) groups is 2. The van der Waals surface area contributed by atoms with Gasteiger partial charge in [0.05, 0.1) is 31.9 Å². The first kappa shape index (κ1) is 17.2. The number of hydrazone groups is 1. The zero-order valence-corrected chi connectivity index (χ0v) is 15.6. The molecule has 0 saturated carbocycles. The molecule has 4 rings (SSSR count). The van der Waals surface area contributed by atoms with Crippen LogP contribution in [-0.2, 0) is 19.1 Å². The summed E-state index contributed by atoms with van der Waals surface area (Å²) < 4.78 is 8.77. The van der Waals surface area contributed by atoms with Crippen molar-refractivity contribution in [1.29, 1.82) is 0 Å². The zero-order chi connectivity index (χ0) is 18.5. The molecule has 3 heterocycles. The van der Waals surface area contributed by atoms with Crippen LogP contribution in [0, 0.1) is 0 Å². The standard InChI is InChI=1S/C18H15ClN2O4S/c1-24-16(22)13-9-12-7-8-14-18(13,17(23)25-2)26-15(20-21(12)14)10-3-5-11(19)6-4-10/h3-9,12,14H,1-2H3. The number of rotatable bonds is 3. The predicted molar refractivity (Wildman–Crippen MR) is 99.0 cm³/mol. The lowest BCUT2D eigenvalue weighted by atomic mass is 9.87. The number of hydrogen-bond acceptors (Lipinski definition) is 7. The minimum absolute atomic E-state index is 0.213. The lowest BCUT2D eigenvalue weighted by molar-refractivity contribution is -0.147. The van der Waals surface area contributed by atoms with Crippen LogP contribution in [0.2, 0.25) is 5.02 Å². The minimum Gasteiger partial charge on any atom is -0.468 e. The topological polar surface area (TPSA) is 68.2 Å². The number of nitrogens with zero attached hydrogens (tertiary/aromatic N) is 2. The Morgan fingerprint density at radius 2 is 1.92 bits per heavy atom. The van der Waals surface area contributed by atoms with Crippen molar-refractivity contribution in [2.75, 3.05) is 14.2 Å². The van der Waals surface area contributed by atoms with Gasteiger partial charge in [0.15, 0.2) is 4.75 Å². The summed E-state index contributed by atoms with van der Waals surface area (Å²) in [7, 11) is 2.62. The largest absolute Gasteiger partial charge is 0.468 e. The molecular weight excluding hydrogens is 376 g/mol. The Bertz CT molecular complexity index is 880. The van der Waals surface area contributed by atoms with E-state index in [0.29, 0.717) is 10.1 Å². The van der Waals surface area contributed by atoms with Crippen LogP contribution in [0.4, 0.5) is 0 Å². The number of methoxy groups -OCH3 is 2. The van der Waals surface area contributed by atoms with Gasteiger partial charge in [0, 0.05) is 10.6 Å². The van der Waals surface area contributed by atoms with E-state index in [1.807, 2.05) is 29.3 Å². The molecule has 8 heteroatoms. The zero-order valence-electron chi connectivity index (χ0n) is 14.0. The molecule has 0 amide bonds. The van der Waals surface area contributed by atoms with Crippen molar-refractivity contribution in [3.63, 3.8) is 0 Å². The van der Waals surface area contributed by atoms with Crippen molar-refractivity contribution in [3.05, 3.63) is 58.7 Å². The lowest BCUT2D eigenvalue weighted by Gasteiger charge is -2.47. The fourth-order valence-corrected chi connectivity index (χ4v) is 5.03. The normalized spacial score (nSPS) is 28.3.